The molecule has 96 valence electrons. The van der Waals surface area contributed by atoms with Crippen molar-refractivity contribution in [2.45, 2.75) is 17.6 Å². The molecule has 2 rings (SSSR count). The fraction of sp³-hybridized carbons (Fsp3) is 0.800. The normalized spacial score (nSPS) is 21.9. The smallest absolute Gasteiger partial charge is 0.343 e. The van der Waals surface area contributed by atoms with Gasteiger partial charge in [-0.2, -0.15) is 0 Å². The van der Waals surface area contributed by atoms with E-state index in [1.165, 1.54) is 4.57 Å². The van der Waals surface area contributed by atoms with E-state index >= 15 is 0 Å². The molecule has 1 aliphatic heterocycles. The number of aromatic amines is 1. The number of nitrogens with zero attached hydrogens (tertiary/aromatic N) is 2. The van der Waals surface area contributed by atoms with Crippen molar-refractivity contribution in [2.24, 2.45) is 13.0 Å². The van der Waals surface area contributed by atoms with Crippen LogP contribution in [-0.2, 0) is 11.8 Å². The number of H-pyrrole nitrogens is 1. The number of aromatic nitrogens is 3. The van der Waals surface area contributed by atoms with Crippen LogP contribution >= 0.6 is 11.8 Å². The average molecular weight is 258 g/mol. The van der Waals surface area contributed by atoms with E-state index in [1.807, 2.05) is 7.05 Å². The minimum Gasteiger partial charge on any atom is -0.381 e. The van der Waals surface area contributed by atoms with Gasteiger partial charge in [0, 0.05) is 31.4 Å². The third-order valence-electron chi connectivity index (χ3n) is 3.14. The van der Waals surface area contributed by atoms with Crippen LogP contribution in [0.15, 0.2) is 9.95 Å². The van der Waals surface area contributed by atoms with Crippen molar-refractivity contribution in [3.63, 3.8) is 0 Å². The van der Waals surface area contributed by atoms with E-state index in [4.69, 9.17) is 4.74 Å². The summed E-state index contributed by atoms with van der Waals surface area (Å²) in [6.07, 6.45) is 1.10. The lowest BCUT2D eigenvalue weighted by Crippen LogP contribution is -2.36. The van der Waals surface area contributed by atoms with E-state index in [0.29, 0.717) is 12.0 Å². The molecule has 2 unspecified atom stereocenters. The standard InChI is InChI=1S/C10H18N4O2S/c1-11-8(7-3-4-16-5-7)6-17-10-13-12-9(15)14(10)2/h7-8,11H,3-6H2,1-2H3,(H,12,15). The molecule has 1 saturated heterocycles. The van der Waals surface area contributed by atoms with Gasteiger partial charge in [-0.1, -0.05) is 11.8 Å². The Morgan fingerprint density at radius 2 is 2.59 bits per heavy atom. The molecule has 2 atom stereocenters. The van der Waals surface area contributed by atoms with Crippen LogP contribution < -0.4 is 11.0 Å². The van der Waals surface area contributed by atoms with Gasteiger partial charge in [0.1, 0.15) is 0 Å². The summed E-state index contributed by atoms with van der Waals surface area (Å²) in [7, 11) is 3.69. The maximum Gasteiger partial charge on any atom is 0.343 e. The Hall–Kier alpha value is -0.790. The summed E-state index contributed by atoms with van der Waals surface area (Å²) in [6, 6.07) is 0.398. The molecule has 0 saturated carbocycles. The average Bonchev–Trinajstić information content (AvgIpc) is 2.95. The summed E-state index contributed by atoms with van der Waals surface area (Å²) in [5.41, 5.74) is -0.169. The molecule has 2 N–H and O–H groups in total. The van der Waals surface area contributed by atoms with E-state index in [-0.39, 0.29) is 5.69 Å². The molecule has 0 aromatic carbocycles. The third-order valence-corrected chi connectivity index (χ3v) is 4.28. The molecule has 7 heteroatoms. The molecule has 0 aliphatic carbocycles. The number of ether oxygens (including phenoxy) is 1. The summed E-state index contributed by atoms with van der Waals surface area (Å²) >= 11 is 1.59. The Morgan fingerprint density at radius 3 is 3.12 bits per heavy atom. The molecule has 0 amide bonds. The summed E-state index contributed by atoms with van der Waals surface area (Å²) in [6.45, 7) is 1.68. The highest BCUT2D eigenvalue weighted by atomic mass is 32.2. The summed E-state index contributed by atoms with van der Waals surface area (Å²) < 4.78 is 6.92. The summed E-state index contributed by atoms with van der Waals surface area (Å²) in [5, 5.41) is 10.5. The van der Waals surface area contributed by atoms with Crippen LogP contribution in [0.1, 0.15) is 6.42 Å². The number of hydrogen-bond acceptors (Lipinski definition) is 5. The lowest BCUT2D eigenvalue weighted by Gasteiger charge is -2.20. The molecule has 1 aromatic rings. The predicted molar refractivity (Wildman–Crippen MR) is 66.3 cm³/mol. The van der Waals surface area contributed by atoms with Crippen molar-refractivity contribution in [3.8, 4) is 0 Å². The molecule has 6 nitrogen and oxygen atoms in total. The highest BCUT2D eigenvalue weighted by Gasteiger charge is 2.25. The first-order valence-electron chi connectivity index (χ1n) is 5.71. The Balaban J connectivity index is 1.91. The molecular formula is C10H18N4O2S. The highest BCUT2D eigenvalue weighted by Crippen LogP contribution is 2.22. The SMILES string of the molecule is CNC(CSc1n[nH]c(=O)n1C)C1CCOC1. The largest absolute Gasteiger partial charge is 0.381 e. The van der Waals surface area contributed by atoms with Gasteiger partial charge in [-0.3, -0.25) is 4.57 Å². The van der Waals surface area contributed by atoms with Crippen LogP contribution in [-0.4, -0.2) is 46.8 Å². The van der Waals surface area contributed by atoms with Crippen LogP contribution in [0.4, 0.5) is 0 Å². The van der Waals surface area contributed by atoms with Gasteiger partial charge in [-0.05, 0) is 13.5 Å². The van der Waals surface area contributed by atoms with Gasteiger partial charge in [0.25, 0.3) is 0 Å². The van der Waals surface area contributed by atoms with Gasteiger partial charge < -0.3 is 10.1 Å². The van der Waals surface area contributed by atoms with E-state index in [9.17, 15) is 4.79 Å². The van der Waals surface area contributed by atoms with Crippen molar-refractivity contribution in [1.29, 1.82) is 0 Å². The zero-order valence-electron chi connectivity index (χ0n) is 10.1. The summed E-state index contributed by atoms with van der Waals surface area (Å²) in [5.74, 6) is 1.45. The molecule has 0 radical (unpaired) electrons. The topological polar surface area (TPSA) is 71.9 Å². The van der Waals surface area contributed by atoms with Crippen LogP contribution in [0, 0.1) is 5.92 Å². The second kappa shape index (κ2) is 5.70. The minimum atomic E-state index is -0.169. The number of hydrogen-bond donors (Lipinski definition) is 2. The van der Waals surface area contributed by atoms with Crippen molar-refractivity contribution < 1.29 is 4.74 Å². The minimum absolute atomic E-state index is 0.169. The third kappa shape index (κ3) is 2.91. The van der Waals surface area contributed by atoms with E-state index < -0.39 is 0 Å². The first-order valence-corrected chi connectivity index (χ1v) is 6.70. The van der Waals surface area contributed by atoms with Crippen LogP contribution in [0.5, 0.6) is 0 Å². The van der Waals surface area contributed by atoms with Gasteiger partial charge in [-0.15, -0.1) is 5.10 Å². The highest BCUT2D eigenvalue weighted by molar-refractivity contribution is 7.99. The number of thioether (sulfide) groups is 1. The second-order valence-corrected chi connectivity index (χ2v) is 5.19. The van der Waals surface area contributed by atoms with Crippen LogP contribution in [0.2, 0.25) is 0 Å². The van der Waals surface area contributed by atoms with Crippen molar-refractivity contribution in [2.75, 3.05) is 26.0 Å². The van der Waals surface area contributed by atoms with Gasteiger partial charge >= 0.3 is 5.69 Å². The van der Waals surface area contributed by atoms with Gasteiger partial charge in [0.2, 0.25) is 0 Å². The first-order chi connectivity index (χ1) is 8.22. The fourth-order valence-corrected chi connectivity index (χ4v) is 3.11. The molecule has 1 aliphatic rings. The molecule has 2 heterocycles. The van der Waals surface area contributed by atoms with Crippen LogP contribution in [0.25, 0.3) is 0 Å². The second-order valence-electron chi connectivity index (χ2n) is 4.20. The summed E-state index contributed by atoms with van der Waals surface area (Å²) in [4.78, 5) is 11.2. The molecule has 1 fully saturated rings. The molecule has 1 aromatic heterocycles. The van der Waals surface area contributed by atoms with Crippen molar-refractivity contribution in [1.82, 2.24) is 20.1 Å². The van der Waals surface area contributed by atoms with Gasteiger partial charge in [0.05, 0.1) is 6.61 Å². The van der Waals surface area contributed by atoms with E-state index in [1.54, 1.807) is 18.8 Å². The van der Waals surface area contributed by atoms with E-state index in [2.05, 4.69) is 15.5 Å². The van der Waals surface area contributed by atoms with Crippen molar-refractivity contribution in [3.05, 3.63) is 10.5 Å². The number of rotatable bonds is 5. The zero-order chi connectivity index (χ0) is 12.3. The van der Waals surface area contributed by atoms with Gasteiger partial charge in [-0.25, -0.2) is 9.89 Å². The Bertz CT molecular complexity index is 411. The van der Waals surface area contributed by atoms with Crippen LogP contribution in [0.3, 0.4) is 0 Å². The maximum atomic E-state index is 11.2. The Morgan fingerprint density at radius 1 is 1.76 bits per heavy atom. The maximum absolute atomic E-state index is 11.2. The monoisotopic (exact) mass is 258 g/mol. The quantitative estimate of drug-likeness (QED) is 0.717. The molecule has 0 bridgehead atoms. The van der Waals surface area contributed by atoms with Gasteiger partial charge in [0.15, 0.2) is 5.16 Å². The predicted octanol–water partition coefficient (Wildman–Crippen LogP) is -0.175. The fourth-order valence-electron chi connectivity index (χ4n) is 1.95. The number of nitrogens with one attached hydrogen (secondary N) is 2. The molecular weight excluding hydrogens is 240 g/mol. The zero-order valence-corrected chi connectivity index (χ0v) is 10.9. The Labute approximate surface area is 104 Å². The van der Waals surface area contributed by atoms with E-state index in [0.717, 1.165) is 30.5 Å². The lowest BCUT2D eigenvalue weighted by atomic mass is 10.0. The Kier molecular flexibility index (Phi) is 4.25. The van der Waals surface area contributed by atoms with Crippen molar-refractivity contribution >= 4 is 11.8 Å². The first kappa shape index (κ1) is 12.7. The lowest BCUT2D eigenvalue weighted by molar-refractivity contribution is 0.179. The molecule has 0 spiro atoms. The molecule has 17 heavy (non-hydrogen) atoms.